The molecule has 0 spiro atoms. The van der Waals surface area contributed by atoms with Crippen LogP contribution in [-0.4, -0.2) is 23.6 Å². The van der Waals surface area contributed by atoms with E-state index in [0.29, 0.717) is 6.61 Å². The Hall–Kier alpha value is -0.900. The van der Waals surface area contributed by atoms with E-state index in [1.54, 1.807) is 0 Å². The van der Waals surface area contributed by atoms with Gasteiger partial charge in [-0.15, -0.1) is 0 Å². The molecule has 1 N–H and O–H groups in total. The van der Waals surface area contributed by atoms with E-state index in [4.69, 9.17) is 9.47 Å². The molecule has 0 aliphatic carbocycles. The lowest BCUT2D eigenvalue weighted by molar-refractivity contribution is -0.145. The minimum absolute atomic E-state index is 0.103. The summed E-state index contributed by atoms with van der Waals surface area (Å²) in [5, 5.41) is 9.79. The SMILES string of the molecule is CC[C@@H]1OC(O)[C@@H](OCc2ccccc2)[C@@H]1C. The Morgan fingerprint density at radius 2 is 2.00 bits per heavy atom. The first kappa shape index (κ1) is 12.6. The topological polar surface area (TPSA) is 38.7 Å². The van der Waals surface area contributed by atoms with Crippen LogP contribution in [0.1, 0.15) is 25.8 Å². The van der Waals surface area contributed by atoms with Crippen LogP contribution in [0.5, 0.6) is 0 Å². The summed E-state index contributed by atoms with van der Waals surface area (Å²) in [7, 11) is 0. The molecule has 17 heavy (non-hydrogen) atoms. The first-order chi connectivity index (χ1) is 8.22. The van der Waals surface area contributed by atoms with Crippen LogP contribution in [0.15, 0.2) is 30.3 Å². The van der Waals surface area contributed by atoms with Crippen molar-refractivity contribution in [2.45, 2.75) is 45.4 Å². The molecule has 1 heterocycles. The Labute approximate surface area is 102 Å². The van der Waals surface area contributed by atoms with Crippen molar-refractivity contribution in [2.24, 2.45) is 5.92 Å². The lowest BCUT2D eigenvalue weighted by Gasteiger charge is -2.18. The molecule has 1 unspecified atom stereocenters. The molecule has 1 aromatic carbocycles. The van der Waals surface area contributed by atoms with Crippen LogP contribution in [0.2, 0.25) is 0 Å². The molecule has 1 aliphatic heterocycles. The molecule has 0 bridgehead atoms. The van der Waals surface area contributed by atoms with Gasteiger partial charge in [-0.05, 0) is 12.0 Å². The average Bonchev–Trinajstić information content (AvgIpc) is 2.63. The van der Waals surface area contributed by atoms with Gasteiger partial charge in [-0.1, -0.05) is 44.2 Å². The molecule has 3 nitrogen and oxygen atoms in total. The highest BCUT2D eigenvalue weighted by atomic mass is 16.6. The highest BCUT2D eigenvalue weighted by Gasteiger charge is 2.40. The van der Waals surface area contributed by atoms with Crippen molar-refractivity contribution >= 4 is 0 Å². The molecule has 3 heteroatoms. The van der Waals surface area contributed by atoms with Gasteiger partial charge in [-0.3, -0.25) is 0 Å². The quantitative estimate of drug-likeness (QED) is 0.872. The zero-order valence-corrected chi connectivity index (χ0v) is 10.4. The Balaban J connectivity index is 1.91. The number of hydrogen-bond acceptors (Lipinski definition) is 3. The summed E-state index contributed by atoms with van der Waals surface area (Å²) in [5.41, 5.74) is 1.12. The van der Waals surface area contributed by atoms with E-state index >= 15 is 0 Å². The summed E-state index contributed by atoms with van der Waals surface area (Å²) in [5.74, 6) is 0.235. The molecule has 0 aromatic heterocycles. The van der Waals surface area contributed by atoms with Crippen molar-refractivity contribution in [3.8, 4) is 0 Å². The molecule has 1 aliphatic rings. The number of aliphatic hydroxyl groups excluding tert-OH is 1. The second-order valence-electron chi connectivity index (χ2n) is 4.59. The first-order valence-electron chi connectivity index (χ1n) is 6.21. The van der Waals surface area contributed by atoms with Gasteiger partial charge in [0.15, 0.2) is 6.29 Å². The number of rotatable bonds is 4. The average molecular weight is 236 g/mol. The predicted molar refractivity (Wildman–Crippen MR) is 65.4 cm³/mol. The third kappa shape index (κ3) is 2.86. The highest BCUT2D eigenvalue weighted by Crippen LogP contribution is 2.30. The van der Waals surface area contributed by atoms with E-state index in [0.717, 1.165) is 12.0 Å². The van der Waals surface area contributed by atoms with Crippen molar-refractivity contribution in [1.29, 1.82) is 0 Å². The van der Waals surface area contributed by atoms with E-state index in [-0.39, 0.29) is 18.1 Å². The van der Waals surface area contributed by atoms with Gasteiger partial charge < -0.3 is 14.6 Å². The van der Waals surface area contributed by atoms with Gasteiger partial charge in [0, 0.05) is 5.92 Å². The van der Waals surface area contributed by atoms with E-state index in [2.05, 4.69) is 13.8 Å². The Kier molecular flexibility index (Phi) is 4.15. The van der Waals surface area contributed by atoms with Crippen LogP contribution in [-0.2, 0) is 16.1 Å². The van der Waals surface area contributed by atoms with Crippen molar-refractivity contribution in [3.05, 3.63) is 35.9 Å². The molecule has 1 saturated heterocycles. The fourth-order valence-electron chi connectivity index (χ4n) is 2.32. The van der Waals surface area contributed by atoms with Crippen LogP contribution >= 0.6 is 0 Å². The molecule has 0 radical (unpaired) electrons. The van der Waals surface area contributed by atoms with Gasteiger partial charge in [-0.25, -0.2) is 0 Å². The lowest BCUT2D eigenvalue weighted by Crippen LogP contribution is -2.28. The van der Waals surface area contributed by atoms with Gasteiger partial charge >= 0.3 is 0 Å². The van der Waals surface area contributed by atoms with Crippen molar-refractivity contribution < 1.29 is 14.6 Å². The summed E-state index contributed by atoms with van der Waals surface area (Å²) in [6.45, 7) is 4.65. The minimum Gasteiger partial charge on any atom is -0.368 e. The van der Waals surface area contributed by atoms with Gasteiger partial charge in [0.25, 0.3) is 0 Å². The summed E-state index contributed by atoms with van der Waals surface area (Å²) in [6, 6.07) is 9.98. The van der Waals surface area contributed by atoms with Gasteiger partial charge in [0.2, 0.25) is 0 Å². The van der Waals surface area contributed by atoms with Crippen molar-refractivity contribution in [3.63, 3.8) is 0 Å². The molecule has 0 saturated carbocycles. The summed E-state index contributed by atoms with van der Waals surface area (Å²) < 4.78 is 11.2. The summed E-state index contributed by atoms with van der Waals surface area (Å²) in [6.07, 6.45) is -0.00624. The highest BCUT2D eigenvalue weighted by molar-refractivity contribution is 5.13. The van der Waals surface area contributed by atoms with Crippen molar-refractivity contribution in [1.82, 2.24) is 0 Å². The maximum absolute atomic E-state index is 9.79. The summed E-state index contributed by atoms with van der Waals surface area (Å²) in [4.78, 5) is 0. The van der Waals surface area contributed by atoms with Gasteiger partial charge in [0.05, 0.1) is 12.7 Å². The normalized spacial score (nSPS) is 32.9. The minimum atomic E-state index is -0.793. The predicted octanol–water partition coefficient (Wildman–Crippen LogP) is 2.34. The Morgan fingerprint density at radius 1 is 1.29 bits per heavy atom. The number of ether oxygens (including phenoxy) is 2. The van der Waals surface area contributed by atoms with E-state index < -0.39 is 6.29 Å². The smallest absolute Gasteiger partial charge is 0.181 e. The standard InChI is InChI=1S/C14H20O3/c1-3-12-10(2)13(14(15)17-12)16-9-11-7-5-4-6-8-11/h4-8,10,12-15H,3,9H2,1-2H3/t10-,12+,13+,14?/m1/s1. The second kappa shape index (κ2) is 5.63. The van der Waals surface area contributed by atoms with Crippen LogP contribution in [0.25, 0.3) is 0 Å². The first-order valence-corrected chi connectivity index (χ1v) is 6.21. The maximum atomic E-state index is 9.79. The summed E-state index contributed by atoms with van der Waals surface area (Å²) >= 11 is 0. The van der Waals surface area contributed by atoms with Crippen LogP contribution < -0.4 is 0 Å². The molecular weight excluding hydrogens is 216 g/mol. The largest absolute Gasteiger partial charge is 0.368 e. The fourth-order valence-corrected chi connectivity index (χ4v) is 2.32. The lowest BCUT2D eigenvalue weighted by atomic mass is 9.99. The zero-order valence-electron chi connectivity index (χ0n) is 10.4. The van der Waals surface area contributed by atoms with Crippen LogP contribution in [0, 0.1) is 5.92 Å². The number of aliphatic hydroxyl groups is 1. The fraction of sp³-hybridized carbons (Fsp3) is 0.571. The molecule has 1 fully saturated rings. The molecule has 4 atom stereocenters. The molecule has 2 rings (SSSR count). The molecular formula is C14H20O3. The van der Waals surface area contributed by atoms with E-state index in [1.807, 2.05) is 30.3 Å². The zero-order chi connectivity index (χ0) is 12.3. The second-order valence-corrected chi connectivity index (χ2v) is 4.59. The molecule has 1 aromatic rings. The molecule has 0 amide bonds. The third-order valence-corrected chi connectivity index (χ3v) is 3.39. The maximum Gasteiger partial charge on any atom is 0.181 e. The van der Waals surface area contributed by atoms with Gasteiger partial charge in [-0.2, -0.15) is 0 Å². The number of hydrogen-bond donors (Lipinski definition) is 1. The van der Waals surface area contributed by atoms with Crippen molar-refractivity contribution in [2.75, 3.05) is 0 Å². The monoisotopic (exact) mass is 236 g/mol. The Bertz CT molecular complexity index is 339. The van der Waals surface area contributed by atoms with Gasteiger partial charge in [0.1, 0.15) is 6.10 Å². The molecule has 94 valence electrons. The van der Waals surface area contributed by atoms with E-state index in [9.17, 15) is 5.11 Å². The third-order valence-electron chi connectivity index (χ3n) is 3.39. The van der Waals surface area contributed by atoms with Crippen LogP contribution in [0.3, 0.4) is 0 Å². The number of benzene rings is 1. The Morgan fingerprint density at radius 3 is 2.59 bits per heavy atom. The van der Waals surface area contributed by atoms with E-state index in [1.165, 1.54) is 0 Å². The van der Waals surface area contributed by atoms with Crippen LogP contribution in [0.4, 0.5) is 0 Å².